The maximum atomic E-state index is 13.3. The number of hydrogen-bond acceptors (Lipinski definition) is 6. The summed E-state index contributed by atoms with van der Waals surface area (Å²) in [5.41, 5.74) is 4.49. The molecule has 36 heavy (non-hydrogen) atoms. The first-order chi connectivity index (χ1) is 17.3. The van der Waals surface area contributed by atoms with E-state index in [1.807, 2.05) is 39.0 Å². The molecule has 180 valence electrons. The van der Waals surface area contributed by atoms with Gasteiger partial charge in [-0.3, -0.25) is 9.59 Å². The van der Waals surface area contributed by atoms with Crippen LogP contribution in [0.15, 0.2) is 70.1 Å². The number of benzene rings is 2. The number of nitrogens with one attached hydrogen (secondary N) is 1. The molecular formula is C27H22ClN5O3. The van der Waals surface area contributed by atoms with Gasteiger partial charge in [0.05, 0.1) is 5.39 Å². The average Bonchev–Trinajstić information content (AvgIpc) is 3.34. The Morgan fingerprint density at radius 3 is 2.58 bits per heavy atom. The lowest BCUT2D eigenvalue weighted by atomic mass is 10.1. The fourth-order valence-electron chi connectivity index (χ4n) is 3.91. The Labute approximate surface area is 211 Å². The summed E-state index contributed by atoms with van der Waals surface area (Å²) in [5.74, 6) is 0.119. The third-order valence-electron chi connectivity index (χ3n) is 6.01. The number of pyridine rings is 2. The lowest BCUT2D eigenvalue weighted by Crippen LogP contribution is -2.22. The number of rotatable bonds is 5. The van der Waals surface area contributed by atoms with Gasteiger partial charge < -0.3 is 14.4 Å². The fraction of sp³-hybridized carbons (Fsp3) is 0.148. The van der Waals surface area contributed by atoms with Gasteiger partial charge >= 0.3 is 0 Å². The minimum atomic E-state index is -0.310. The minimum Gasteiger partial charge on any atom is -0.333 e. The van der Waals surface area contributed by atoms with Crippen LogP contribution in [0.5, 0.6) is 0 Å². The standard InChI is InChI=1S/C27H22ClN5O3/c1-15-5-4-6-22(17(15)3)30-23(34)14-33-13-21(24(35)20-12-7-16(2)29-26(20)33)27-31-25(32-36-27)18-8-10-19(28)11-9-18/h4-13H,14H2,1-3H3,(H,30,34). The molecule has 0 radical (unpaired) electrons. The molecule has 0 saturated carbocycles. The van der Waals surface area contributed by atoms with Crippen LogP contribution in [0, 0.1) is 20.8 Å². The maximum absolute atomic E-state index is 13.3. The molecule has 9 heteroatoms. The van der Waals surface area contributed by atoms with E-state index in [9.17, 15) is 9.59 Å². The van der Waals surface area contributed by atoms with E-state index < -0.39 is 0 Å². The zero-order chi connectivity index (χ0) is 25.4. The van der Waals surface area contributed by atoms with Crippen LogP contribution in [0.3, 0.4) is 0 Å². The SMILES string of the molecule is Cc1ccc2c(=O)c(-c3nc(-c4ccc(Cl)cc4)no3)cn(CC(=O)Nc3cccc(C)c3C)c2n1. The van der Waals surface area contributed by atoms with Gasteiger partial charge in [-0.1, -0.05) is 28.9 Å². The van der Waals surface area contributed by atoms with E-state index in [4.69, 9.17) is 16.1 Å². The molecule has 1 amide bonds. The summed E-state index contributed by atoms with van der Waals surface area (Å²) in [6.07, 6.45) is 1.54. The van der Waals surface area contributed by atoms with Crippen molar-refractivity contribution < 1.29 is 9.32 Å². The second-order valence-electron chi connectivity index (χ2n) is 8.55. The molecule has 0 saturated heterocycles. The van der Waals surface area contributed by atoms with Gasteiger partial charge in [0.25, 0.3) is 5.89 Å². The Balaban J connectivity index is 1.55. The first kappa shape index (κ1) is 23.4. The van der Waals surface area contributed by atoms with E-state index in [1.54, 1.807) is 47.2 Å². The number of hydrogen-bond donors (Lipinski definition) is 1. The van der Waals surface area contributed by atoms with Crippen molar-refractivity contribution in [3.8, 4) is 22.8 Å². The van der Waals surface area contributed by atoms with Crippen LogP contribution >= 0.6 is 11.6 Å². The smallest absolute Gasteiger partial charge is 0.263 e. The number of carbonyl (C=O) groups is 1. The second-order valence-corrected chi connectivity index (χ2v) is 8.99. The normalized spacial score (nSPS) is 11.1. The van der Waals surface area contributed by atoms with Crippen LogP contribution < -0.4 is 10.7 Å². The van der Waals surface area contributed by atoms with Gasteiger partial charge in [0.1, 0.15) is 17.8 Å². The summed E-state index contributed by atoms with van der Waals surface area (Å²) in [6.45, 7) is 5.71. The van der Waals surface area contributed by atoms with Crippen molar-refractivity contribution in [1.29, 1.82) is 0 Å². The average molecular weight is 500 g/mol. The highest BCUT2D eigenvalue weighted by Crippen LogP contribution is 2.24. The summed E-state index contributed by atoms with van der Waals surface area (Å²) in [5, 5.41) is 7.91. The van der Waals surface area contributed by atoms with E-state index in [0.717, 1.165) is 22.5 Å². The third kappa shape index (κ3) is 4.50. The highest BCUT2D eigenvalue weighted by molar-refractivity contribution is 6.30. The second kappa shape index (κ2) is 9.39. The number of nitrogens with zero attached hydrogens (tertiary/aromatic N) is 4. The fourth-order valence-corrected chi connectivity index (χ4v) is 4.04. The van der Waals surface area contributed by atoms with Crippen molar-refractivity contribution in [2.45, 2.75) is 27.3 Å². The van der Waals surface area contributed by atoms with Gasteiger partial charge in [0, 0.05) is 28.2 Å². The van der Waals surface area contributed by atoms with Gasteiger partial charge in [0.15, 0.2) is 0 Å². The molecule has 5 rings (SSSR count). The summed E-state index contributed by atoms with van der Waals surface area (Å²) in [7, 11) is 0. The summed E-state index contributed by atoms with van der Waals surface area (Å²) in [6, 6.07) is 16.1. The van der Waals surface area contributed by atoms with E-state index in [2.05, 4.69) is 20.4 Å². The molecule has 0 aliphatic carbocycles. The van der Waals surface area contributed by atoms with Crippen LogP contribution in [0.1, 0.15) is 16.8 Å². The van der Waals surface area contributed by atoms with Gasteiger partial charge in [-0.25, -0.2) is 4.98 Å². The number of halogens is 1. The predicted molar refractivity (Wildman–Crippen MR) is 139 cm³/mol. The first-order valence-electron chi connectivity index (χ1n) is 11.3. The number of aryl methyl sites for hydroxylation is 2. The van der Waals surface area contributed by atoms with Gasteiger partial charge in [-0.2, -0.15) is 4.98 Å². The topological polar surface area (TPSA) is 103 Å². The van der Waals surface area contributed by atoms with Crippen molar-refractivity contribution in [2.75, 3.05) is 5.32 Å². The number of amides is 1. The Bertz CT molecular complexity index is 1670. The van der Waals surface area contributed by atoms with Crippen molar-refractivity contribution in [1.82, 2.24) is 19.7 Å². The Kier molecular flexibility index (Phi) is 6.12. The zero-order valence-electron chi connectivity index (χ0n) is 19.9. The molecule has 0 fully saturated rings. The van der Waals surface area contributed by atoms with E-state index in [-0.39, 0.29) is 29.3 Å². The minimum absolute atomic E-state index is 0.0520. The highest BCUT2D eigenvalue weighted by atomic mass is 35.5. The predicted octanol–water partition coefficient (Wildman–Crippen LogP) is 5.33. The zero-order valence-corrected chi connectivity index (χ0v) is 20.6. The number of carbonyl (C=O) groups excluding carboxylic acids is 1. The molecule has 1 N–H and O–H groups in total. The molecule has 2 aromatic carbocycles. The Morgan fingerprint density at radius 1 is 1.03 bits per heavy atom. The number of aromatic nitrogens is 4. The van der Waals surface area contributed by atoms with Crippen LogP contribution in [-0.4, -0.2) is 25.6 Å². The molecule has 0 bridgehead atoms. The maximum Gasteiger partial charge on any atom is 0.263 e. The molecule has 3 aromatic heterocycles. The van der Waals surface area contributed by atoms with E-state index >= 15 is 0 Å². The molecule has 0 spiro atoms. The summed E-state index contributed by atoms with van der Waals surface area (Å²) in [4.78, 5) is 35.3. The molecule has 0 aliphatic heterocycles. The molecular weight excluding hydrogens is 478 g/mol. The van der Waals surface area contributed by atoms with Crippen LogP contribution in [0.25, 0.3) is 33.9 Å². The van der Waals surface area contributed by atoms with Crippen LogP contribution in [0.2, 0.25) is 5.02 Å². The Hall–Kier alpha value is -4.30. The lowest BCUT2D eigenvalue weighted by Gasteiger charge is -2.14. The molecule has 0 unspecified atom stereocenters. The molecule has 5 aromatic rings. The monoisotopic (exact) mass is 499 g/mol. The highest BCUT2D eigenvalue weighted by Gasteiger charge is 2.19. The van der Waals surface area contributed by atoms with E-state index in [1.165, 1.54) is 0 Å². The van der Waals surface area contributed by atoms with Crippen molar-refractivity contribution in [2.24, 2.45) is 0 Å². The van der Waals surface area contributed by atoms with Crippen LogP contribution in [0.4, 0.5) is 5.69 Å². The van der Waals surface area contributed by atoms with Gasteiger partial charge in [0.2, 0.25) is 17.2 Å². The molecule has 8 nitrogen and oxygen atoms in total. The largest absolute Gasteiger partial charge is 0.333 e. The summed E-state index contributed by atoms with van der Waals surface area (Å²) < 4.78 is 7.08. The van der Waals surface area contributed by atoms with Crippen molar-refractivity contribution in [3.63, 3.8) is 0 Å². The number of fused-ring (bicyclic) bond motifs is 1. The first-order valence-corrected chi connectivity index (χ1v) is 11.6. The lowest BCUT2D eigenvalue weighted by molar-refractivity contribution is -0.116. The molecule has 0 atom stereocenters. The van der Waals surface area contributed by atoms with Gasteiger partial charge in [-0.15, -0.1) is 0 Å². The summed E-state index contributed by atoms with van der Waals surface area (Å²) >= 11 is 5.97. The van der Waals surface area contributed by atoms with Crippen molar-refractivity contribution >= 4 is 34.2 Å². The molecule has 3 heterocycles. The molecule has 0 aliphatic rings. The van der Waals surface area contributed by atoms with Crippen molar-refractivity contribution in [3.05, 3.63) is 92.9 Å². The Morgan fingerprint density at radius 2 is 1.81 bits per heavy atom. The quantitative estimate of drug-likeness (QED) is 0.350. The third-order valence-corrected chi connectivity index (χ3v) is 6.26. The number of anilines is 1. The van der Waals surface area contributed by atoms with Crippen LogP contribution in [-0.2, 0) is 11.3 Å². The van der Waals surface area contributed by atoms with E-state index in [0.29, 0.717) is 27.4 Å². The van der Waals surface area contributed by atoms with Gasteiger partial charge in [-0.05, 0) is 74.4 Å².